The second-order valence-electron chi connectivity index (χ2n) is 5.48. The second kappa shape index (κ2) is 3.47. The predicted octanol–water partition coefficient (Wildman–Crippen LogP) is 1.32. The molecule has 1 saturated heterocycles. The molecule has 0 aromatic carbocycles. The van der Waals surface area contributed by atoms with Crippen LogP contribution in [0.5, 0.6) is 0 Å². The van der Waals surface area contributed by atoms with Gasteiger partial charge in [-0.1, -0.05) is 0 Å². The largest absolute Gasteiger partial charge is 0.373 e. The van der Waals surface area contributed by atoms with Crippen LogP contribution in [0.15, 0.2) is 0 Å². The van der Waals surface area contributed by atoms with E-state index in [0.717, 1.165) is 13.1 Å². The molecule has 1 N–H and O–H groups in total. The number of ether oxygens (including phenoxy) is 2. The molecule has 1 aliphatic carbocycles. The molecule has 1 unspecified atom stereocenters. The third-order valence-corrected chi connectivity index (χ3v) is 2.75. The van der Waals surface area contributed by atoms with Gasteiger partial charge in [0, 0.05) is 13.1 Å². The highest BCUT2D eigenvalue weighted by Gasteiger charge is 2.47. The normalized spacial score (nSPS) is 30.6. The van der Waals surface area contributed by atoms with E-state index in [1.807, 2.05) is 0 Å². The van der Waals surface area contributed by atoms with Crippen LogP contribution in [0.3, 0.4) is 0 Å². The Bertz CT molecular complexity index is 206. The van der Waals surface area contributed by atoms with Gasteiger partial charge in [0.05, 0.1) is 23.9 Å². The van der Waals surface area contributed by atoms with Gasteiger partial charge in [-0.25, -0.2) is 0 Å². The summed E-state index contributed by atoms with van der Waals surface area (Å²) in [6.07, 6.45) is 2.67. The molecule has 82 valence electrons. The predicted molar refractivity (Wildman–Crippen MR) is 55.4 cm³/mol. The first-order valence-corrected chi connectivity index (χ1v) is 5.52. The molecule has 2 fully saturated rings. The minimum atomic E-state index is -0.0580. The van der Waals surface area contributed by atoms with Crippen molar-refractivity contribution < 1.29 is 9.47 Å². The van der Waals surface area contributed by atoms with Crippen LogP contribution in [0.1, 0.15) is 33.6 Å². The maximum atomic E-state index is 5.99. The summed E-state index contributed by atoms with van der Waals surface area (Å²) in [4.78, 5) is 0. The van der Waals surface area contributed by atoms with Crippen molar-refractivity contribution in [3.8, 4) is 0 Å². The third-order valence-electron chi connectivity index (χ3n) is 2.75. The van der Waals surface area contributed by atoms with Crippen molar-refractivity contribution in [2.24, 2.45) is 0 Å². The molecule has 2 aliphatic rings. The quantitative estimate of drug-likeness (QED) is 0.727. The fourth-order valence-corrected chi connectivity index (χ4v) is 1.77. The number of nitrogens with one attached hydrogen (secondary N) is 1. The van der Waals surface area contributed by atoms with E-state index in [0.29, 0.717) is 6.61 Å². The van der Waals surface area contributed by atoms with Crippen molar-refractivity contribution in [2.75, 3.05) is 19.7 Å². The van der Waals surface area contributed by atoms with Crippen molar-refractivity contribution >= 4 is 0 Å². The molecule has 0 radical (unpaired) electrons. The monoisotopic (exact) mass is 199 g/mol. The van der Waals surface area contributed by atoms with Crippen LogP contribution in [-0.4, -0.2) is 37.0 Å². The Morgan fingerprint density at radius 1 is 1.43 bits per heavy atom. The molecule has 1 aliphatic heterocycles. The molecular formula is C11H21NO2. The van der Waals surface area contributed by atoms with Gasteiger partial charge in [-0.3, -0.25) is 0 Å². The van der Waals surface area contributed by atoms with Crippen molar-refractivity contribution in [3.63, 3.8) is 0 Å². The highest BCUT2D eigenvalue weighted by atomic mass is 16.6. The minimum Gasteiger partial charge on any atom is -0.373 e. The van der Waals surface area contributed by atoms with Crippen LogP contribution < -0.4 is 5.32 Å². The van der Waals surface area contributed by atoms with Gasteiger partial charge in [-0.05, 0) is 33.6 Å². The average Bonchev–Trinajstić information content (AvgIpc) is 2.81. The number of morpholine rings is 1. The molecule has 2 rings (SSSR count). The Morgan fingerprint density at radius 2 is 2.14 bits per heavy atom. The summed E-state index contributed by atoms with van der Waals surface area (Å²) in [7, 11) is 0. The first-order chi connectivity index (χ1) is 6.49. The van der Waals surface area contributed by atoms with E-state index >= 15 is 0 Å². The Kier molecular flexibility index (Phi) is 2.58. The Morgan fingerprint density at radius 3 is 2.71 bits per heavy atom. The molecule has 1 saturated carbocycles. The van der Waals surface area contributed by atoms with Crippen LogP contribution in [0, 0.1) is 0 Å². The van der Waals surface area contributed by atoms with E-state index in [4.69, 9.17) is 9.47 Å². The minimum absolute atomic E-state index is 0.0580. The average molecular weight is 199 g/mol. The highest BCUT2D eigenvalue weighted by Crippen LogP contribution is 2.41. The molecule has 14 heavy (non-hydrogen) atoms. The van der Waals surface area contributed by atoms with Crippen LogP contribution in [0.25, 0.3) is 0 Å². The van der Waals surface area contributed by atoms with Crippen LogP contribution in [-0.2, 0) is 9.47 Å². The first kappa shape index (κ1) is 10.4. The van der Waals surface area contributed by atoms with Crippen LogP contribution in [0.2, 0.25) is 0 Å². The van der Waals surface area contributed by atoms with Gasteiger partial charge >= 0.3 is 0 Å². The van der Waals surface area contributed by atoms with Crippen LogP contribution in [0.4, 0.5) is 0 Å². The van der Waals surface area contributed by atoms with Crippen molar-refractivity contribution in [1.82, 2.24) is 5.32 Å². The lowest BCUT2D eigenvalue weighted by atomic mass is 10.2. The summed E-state index contributed by atoms with van der Waals surface area (Å²) in [5, 5.41) is 3.42. The maximum Gasteiger partial charge on any atom is 0.0940 e. The number of rotatable bonds is 2. The van der Waals surface area contributed by atoms with E-state index in [2.05, 4.69) is 26.1 Å². The van der Waals surface area contributed by atoms with Gasteiger partial charge in [0.2, 0.25) is 0 Å². The lowest BCUT2D eigenvalue weighted by Gasteiger charge is -2.32. The number of hydrogen-bond donors (Lipinski definition) is 1. The molecule has 1 atom stereocenters. The summed E-state index contributed by atoms with van der Waals surface area (Å²) in [5.41, 5.74) is 0.127. The SMILES string of the molecule is CC(C)(C)OCC1CNCC2(CC2)O1. The summed E-state index contributed by atoms with van der Waals surface area (Å²) in [6, 6.07) is 0. The molecular weight excluding hydrogens is 178 g/mol. The third kappa shape index (κ3) is 2.69. The molecule has 0 aromatic rings. The molecule has 3 nitrogen and oxygen atoms in total. The fourth-order valence-electron chi connectivity index (χ4n) is 1.77. The standard InChI is InChI=1S/C11H21NO2/c1-10(2,3)13-7-9-6-12-8-11(14-9)4-5-11/h9,12H,4-8H2,1-3H3. The van der Waals surface area contributed by atoms with Crippen molar-refractivity contribution in [1.29, 1.82) is 0 Å². The lowest BCUT2D eigenvalue weighted by molar-refractivity contribution is -0.117. The molecule has 1 heterocycles. The Labute approximate surface area is 86.2 Å². The summed E-state index contributed by atoms with van der Waals surface area (Å²) in [5.74, 6) is 0. The number of hydrogen-bond acceptors (Lipinski definition) is 3. The van der Waals surface area contributed by atoms with Crippen molar-refractivity contribution in [3.05, 3.63) is 0 Å². The Balaban J connectivity index is 1.75. The molecule has 1 spiro atoms. The summed E-state index contributed by atoms with van der Waals surface area (Å²) >= 11 is 0. The topological polar surface area (TPSA) is 30.5 Å². The van der Waals surface area contributed by atoms with Gasteiger partial charge in [0.15, 0.2) is 0 Å². The smallest absolute Gasteiger partial charge is 0.0940 e. The van der Waals surface area contributed by atoms with Crippen molar-refractivity contribution in [2.45, 2.75) is 50.9 Å². The summed E-state index contributed by atoms with van der Waals surface area (Å²) in [6.45, 7) is 8.90. The molecule has 3 heteroatoms. The second-order valence-corrected chi connectivity index (χ2v) is 5.48. The van der Waals surface area contributed by atoms with Gasteiger partial charge in [-0.2, -0.15) is 0 Å². The first-order valence-electron chi connectivity index (χ1n) is 5.52. The lowest BCUT2D eigenvalue weighted by Crippen LogP contribution is -2.48. The van der Waals surface area contributed by atoms with Gasteiger partial charge in [0.25, 0.3) is 0 Å². The summed E-state index contributed by atoms with van der Waals surface area (Å²) < 4.78 is 11.7. The molecule has 0 aromatic heterocycles. The van der Waals surface area contributed by atoms with E-state index in [1.54, 1.807) is 0 Å². The molecule has 0 amide bonds. The highest BCUT2D eigenvalue weighted by molar-refractivity contribution is 5.01. The van der Waals surface area contributed by atoms with Gasteiger partial charge in [-0.15, -0.1) is 0 Å². The van der Waals surface area contributed by atoms with E-state index < -0.39 is 0 Å². The van der Waals surface area contributed by atoms with Gasteiger partial charge in [0.1, 0.15) is 0 Å². The van der Waals surface area contributed by atoms with E-state index in [9.17, 15) is 0 Å². The Hall–Kier alpha value is -0.120. The van der Waals surface area contributed by atoms with Crippen LogP contribution >= 0.6 is 0 Å². The van der Waals surface area contributed by atoms with E-state index in [-0.39, 0.29) is 17.3 Å². The zero-order valence-electron chi connectivity index (χ0n) is 9.43. The zero-order valence-corrected chi connectivity index (χ0v) is 9.43. The maximum absolute atomic E-state index is 5.99. The zero-order chi connectivity index (χ0) is 10.2. The molecule has 0 bridgehead atoms. The fraction of sp³-hybridized carbons (Fsp3) is 1.00. The van der Waals surface area contributed by atoms with Gasteiger partial charge < -0.3 is 14.8 Å². The van der Waals surface area contributed by atoms with E-state index in [1.165, 1.54) is 12.8 Å².